The molecule has 80 valence electrons. The Morgan fingerprint density at radius 2 is 1.57 bits per heavy atom. The monoisotopic (exact) mass is 196 g/mol. The van der Waals surface area contributed by atoms with Gasteiger partial charge in [-0.05, 0) is 31.5 Å². The maximum Gasteiger partial charge on any atom is 0.0385 e. The number of hydrogen-bond acceptors (Lipinski definition) is 2. The Morgan fingerprint density at radius 1 is 1.00 bits per heavy atom. The van der Waals surface area contributed by atoms with Gasteiger partial charge in [-0.15, -0.1) is 0 Å². The SMILES string of the molecule is [N-]=[N+]=NCCN1CCCCCCCC1. The maximum absolute atomic E-state index is 8.18. The van der Waals surface area contributed by atoms with E-state index in [0.29, 0.717) is 6.54 Å². The first-order valence-corrected chi connectivity index (χ1v) is 5.66. The smallest absolute Gasteiger partial charge is 0.0385 e. The Bertz CT molecular complexity index is 177. The average Bonchev–Trinajstić information content (AvgIpc) is 2.32. The molecular formula is C10H20N4. The highest BCUT2D eigenvalue weighted by Crippen LogP contribution is 2.10. The van der Waals surface area contributed by atoms with Gasteiger partial charge in [0.05, 0.1) is 0 Å². The standard InChI is InChI=1S/C10H20N4/c11-13-12-7-10-14-8-5-3-1-2-4-6-9-14/h1-10H2. The molecule has 4 nitrogen and oxygen atoms in total. The van der Waals surface area contributed by atoms with Gasteiger partial charge in [0.15, 0.2) is 0 Å². The molecule has 14 heavy (non-hydrogen) atoms. The number of nitrogens with zero attached hydrogens (tertiary/aromatic N) is 4. The van der Waals surface area contributed by atoms with Gasteiger partial charge in [0.1, 0.15) is 0 Å². The minimum atomic E-state index is 0.622. The van der Waals surface area contributed by atoms with Gasteiger partial charge in [-0.2, -0.15) is 0 Å². The van der Waals surface area contributed by atoms with E-state index in [1.54, 1.807) is 0 Å². The number of rotatable bonds is 3. The molecule has 4 heteroatoms. The van der Waals surface area contributed by atoms with Gasteiger partial charge in [-0.3, -0.25) is 0 Å². The zero-order chi connectivity index (χ0) is 10.1. The van der Waals surface area contributed by atoms with Gasteiger partial charge in [-0.25, -0.2) is 0 Å². The summed E-state index contributed by atoms with van der Waals surface area (Å²) in [5.74, 6) is 0. The van der Waals surface area contributed by atoms with E-state index >= 15 is 0 Å². The van der Waals surface area contributed by atoms with Crippen LogP contribution in [0.3, 0.4) is 0 Å². The molecule has 0 aromatic carbocycles. The number of azide groups is 1. The minimum absolute atomic E-state index is 0.622. The van der Waals surface area contributed by atoms with Gasteiger partial charge >= 0.3 is 0 Å². The fraction of sp³-hybridized carbons (Fsp3) is 1.00. The molecule has 1 fully saturated rings. The van der Waals surface area contributed by atoms with E-state index in [0.717, 1.165) is 6.54 Å². The molecule has 1 aliphatic rings. The third-order valence-corrected chi connectivity index (χ3v) is 2.78. The molecule has 0 aromatic rings. The van der Waals surface area contributed by atoms with Crippen LogP contribution in [0.1, 0.15) is 38.5 Å². The predicted molar refractivity (Wildman–Crippen MR) is 58.2 cm³/mol. The van der Waals surface area contributed by atoms with Crippen molar-refractivity contribution in [1.29, 1.82) is 0 Å². The van der Waals surface area contributed by atoms with Gasteiger partial charge in [-0.1, -0.05) is 30.8 Å². The summed E-state index contributed by atoms with van der Waals surface area (Å²) < 4.78 is 0. The zero-order valence-electron chi connectivity index (χ0n) is 8.86. The van der Waals surface area contributed by atoms with Crippen molar-refractivity contribution in [2.45, 2.75) is 38.5 Å². The molecule has 1 aliphatic heterocycles. The van der Waals surface area contributed by atoms with Crippen molar-refractivity contribution in [3.8, 4) is 0 Å². The largest absolute Gasteiger partial charge is 0.303 e. The highest BCUT2D eigenvalue weighted by atomic mass is 15.2. The average molecular weight is 196 g/mol. The van der Waals surface area contributed by atoms with Crippen LogP contribution in [0.25, 0.3) is 10.4 Å². The summed E-state index contributed by atoms with van der Waals surface area (Å²) in [7, 11) is 0. The van der Waals surface area contributed by atoms with Gasteiger partial charge < -0.3 is 4.90 Å². The molecule has 0 aliphatic carbocycles. The Morgan fingerprint density at radius 3 is 2.14 bits per heavy atom. The van der Waals surface area contributed by atoms with E-state index in [1.807, 2.05) is 0 Å². The first-order chi connectivity index (χ1) is 6.93. The second kappa shape index (κ2) is 7.65. The van der Waals surface area contributed by atoms with Gasteiger partial charge in [0.2, 0.25) is 0 Å². The minimum Gasteiger partial charge on any atom is -0.303 e. The first kappa shape index (κ1) is 11.3. The van der Waals surface area contributed by atoms with Crippen LogP contribution < -0.4 is 0 Å². The Hall–Kier alpha value is -0.730. The van der Waals surface area contributed by atoms with Crippen LogP contribution in [0.4, 0.5) is 0 Å². The highest BCUT2D eigenvalue weighted by Gasteiger charge is 2.05. The fourth-order valence-corrected chi connectivity index (χ4v) is 1.94. The van der Waals surface area contributed by atoms with Crippen LogP contribution in [-0.2, 0) is 0 Å². The first-order valence-electron chi connectivity index (χ1n) is 5.66. The lowest BCUT2D eigenvalue weighted by atomic mass is 10.1. The van der Waals surface area contributed by atoms with Crippen molar-refractivity contribution >= 4 is 0 Å². The Labute approximate surface area is 85.9 Å². The van der Waals surface area contributed by atoms with Crippen LogP contribution >= 0.6 is 0 Å². The van der Waals surface area contributed by atoms with Crippen molar-refractivity contribution in [3.05, 3.63) is 10.4 Å². The summed E-state index contributed by atoms with van der Waals surface area (Å²) >= 11 is 0. The van der Waals surface area contributed by atoms with Crippen molar-refractivity contribution in [1.82, 2.24) is 4.90 Å². The molecule has 1 saturated heterocycles. The summed E-state index contributed by atoms with van der Waals surface area (Å²) in [5.41, 5.74) is 8.18. The molecule has 1 heterocycles. The van der Waals surface area contributed by atoms with Gasteiger partial charge in [0, 0.05) is 18.0 Å². The molecule has 0 spiro atoms. The van der Waals surface area contributed by atoms with Crippen LogP contribution in [0.2, 0.25) is 0 Å². The molecule has 0 atom stereocenters. The van der Waals surface area contributed by atoms with Gasteiger partial charge in [0.25, 0.3) is 0 Å². The van der Waals surface area contributed by atoms with E-state index in [4.69, 9.17) is 5.53 Å². The van der Waals surface area contributed by atoms with Crippen molar-refractivity contribution in [2.24, 2.45) is 5.11 Å². The molecule has 0 aromatic heterocycles. The lowest BCUT2D eigenvalue weighted by molar-refractivity contribution is 0.276. The quantitative estimate of drug-likeness (QED) is 0.389. The van der Waals surface area contributed by atoms with Crippen molar-refractivity contribution in [3.63, 3.8) is 0 Å². The van der Waals surface area contributed by atoms with E-state index in [9.17, 15) is 0 Å². The Kier molecular flexibility index (Phi) is 6.20. The van der Waals surface area contributed by atoms with Crippen LogP contribution in [0.15, 0.2) is 5.11 Å². The van der Waals surface area contributed by atoms with E-state index in [1.165, 1.54) is 51.6 Å². The molecule has 0 unspecified atom stereocenters. The number of hydrogen-bond donors (Lipinski definition) is 0. The molecule has 0 bridgehead atoms. The molecule has 1 rings (SSSR count). The van der Waals surface area contributed by atoms with E-state index in [2.05, 4.69) is 14.9 Å². The summed E-state index contributed by atoms with van der Waals surface area (Å²) in [4.78, 5) is 5.21. The van der Waals surface area contributed by atoms with Crippen molar-refractivity contribution < 1.29 is 0 Å². The van der Waals surface area contributed by atoms with E-state index in [-0.39, 0.29) is 0 Å². The second-order valence-corrected chi connectivity index (χ2v) is 3.92. The molecule has 0 N–H and O–H groups in total. The van der Waals surface area contributed by atoms with E-state index < -0.39 is 0 Å². The van der Waals surface area contributed by atoms with Crippen LogP contribution in [0.5, 0.6) is 0 Å². The molecule has 0 amide bonds. The summed E-state index contributed by atoms with van der Waals surface area (Å²) in [6.07, 6.45) is 8.11. The molecular weight excluding hydrogens is 176 g/mol. The highest BCUT2D eigenvalue weighted by molar-refractivity contribution is 4.63. The third kappa shape index (κ3) is 5.10. The normalized spacial score (nSPS) is 20.3. The Balaban J connectivity index is 2.21. The third-order valence-electron chi connectivity index (χ3n) is 2.78. The summed E-state index contributed by atoms with van der Waals surface area (Å²) in [6, 6.07) is 0. The fourth-order valence-electron chi connectivity index (χ4n) is 1.94. The predicted octanol–water partition coefficient (Wildman–Crippen LogP) is 2.95. The topological polar surface area (TPSA) is 52.0 Å². The van der Waals surface area contributed by atoms with Crippen molar-refractivity contribution in [2.75, 3.05) is 26.2 Å². The summed E-state index contributed by atoms with van der Waals surface area (Å²) in [6.45, 7) is 3.92. The molecule has 0 radical (unpaired) electrons. The lowest BCUT2D eigenvalue weighted by Crippen LogP contribution is -2.28. The van der Waals surface area contributed by atoms with Crippen LogP contribution in [-0.4, -0.2) is 31.1 Å². The maximum atomic E-state index is 8.18. The lowest BCUT2D eigenvalue weighted by Gasteiger charge is -2.20. The van der Waals surface area contributed by atoms with Crippen LogP contribution in [0, 0.1) is 0 Å². The second-order valence-electron chi connectivity index (χ2n) is 3.92. The zero-order valence-corrected chi connectivity index (χ0v) is 8.86. The summed E-state index contributed by atoms with van der Waals surface area (Å²) in [5, 5.41) is 3.58. The molecule has 0 saturated carbocycles.